The zero-order valence-corrected chi connectivity index (χ0v) is 15.9. The lowest BCUT2D eigenvalue weighted by molar-refractivity contribution is 0.0528. The summed E-state index contributed by atoms with van der Waals surface area (Å²) in [4.78, 5) is 25.8. The van der Waals surface area contributed by atoms with Crippen molar-refractivity contribution < 1.29 is 14.3 Å². The van der Waals surface area contributed by atoms with E-state index in [0.29, 0.717) is 13.1 Å². The van der Waals surface area contributed by atoms with Crippen molar-refractivity contribution in [3.8, 4) is 0 Å². The van der Waals surface area contributed by atoms with Crippen molar-refractivity contribution in [3.63, 3.8) is 0 Å². The Hall–Kier alpha value is -2.44. The van der Waals surface area contributed by atoms with Gasteiger partial charge in [-0.05, 0) is 64.3 Å². The number of alkyl carbamates (subject to hydrolysis) is 1. The minimum atomic E-state index is -0.532. The van der Waals surface area contributed by atoms with E-state index < -0.39 is 11.7 Å². The molecule has 3 N–H and O–H groups in total. The van der Waals surface area contributed by atoms with Crippen molar-refractivity contribution in [3.05, 3.63) is 24.3 Å². The van der Waals surface area contributed by atoms with E-state index in [2.05, 4.69) is 20.9 Å². The molecule has 26 heavy (non-hydrogen) atoms. The topological polar surface area (TPSA) is 82.7 Å². The predicted molar refractivity (Wildman–Crippen MR) is 104 cm³/mol. The minimum absolute atomic E-state index is 0.302. The minimum Gasteiger partial charge on any atom is -0.444 e. The molecule has 7 nitrogen and oxygen atoms in total. The van der Waals surface area contributed by atoms with Crippen LogP contribution in [0.2, 0.25) is 0 Å². The smallest absolute Gasteiger partial charge is 0.407 e. The SMILES string of the molecule is CC(C)(C)OC(=O)NCCNC(=O)Nc1ccc(N2CCCCC2)cc1. The van der Waals surface area contributed by atoms with Crippen LogP contribution in [0.5, 0.6) is 0 Å². The predicted octanol–water partition coefficient (Wildman–Crippen LogP) is 3.32. The van der Waals surface area contributed by atoms with Gasteiger partial charge in [0.15, 0.2) is 0 Å². The maximum Gasteiger partial charge on any atom is 0.407 e. The van der Waals surface area contributed by atoms with E-state index >= 15 is 0 Å². The van der Waals surface area contributed by atoms with E-state index in [4.69, 9.17) is 4.74 Å². The highest BCUT2D eigenvalue weighted by molar-refractivity contribution is 5.89. The Bertz CT molecular complexity index is 590. The summed E-state index contributed by atoms with van der Waals surface area (Å²) in [5.74, 6) is 0. The number of carbonyl (C=O) groups excluding carboxylic acids is 2. The average molecular weight is 362 g/mol. The first-order chi connectivity index (χ1) is 12.3. The van der Waals surface area contributed by atoms with Crippen molar-refractivity contribution >= 4 is 23.5 Å². The molecule has 0 unspecified atom stereocenters. The normalized spacial score (nSPS) is 14.5. The number of rotatable bonds is 5. The fourth-order valence-electron chi connectivity index (χ4n) is 2.74. The van der Waals surface area contributed by atoms with Crippen molar-refractivity contribution in [2.24, 2.45) is 0 Å². The molecule has 144 valence electrons. The van der Waals surface area contributed by atoms with Gasteiger partial charge in [-0.1, -0.05) is 0 Å². The summed E-state index contributed by atoms with van der Waals surface area (Å²) in [5.41, 5.74) is 1.40. The number of nitrogens with one attached hydrogen (secondary N) is 3. The summed E-state index contributed by atoms with van der Waals surface area (Å²) in [6.45, 7) is 8.21. The lowest BCUT2D eigenvalue weighted by Crippen LogP contribution is -2.39. The van der Waals surface area contributed by atoms with Gasteiger partial charge in [0, 0.05) is 37.6 Å². The van der Waals surface area contributed by atoms with E-state index in [1.165, 1.54) is 24.9 Å². The second-order valence-corrected chi connectivity index (χ2v) is 7.40. The van der Waals surface area contributed by atoms with Crippen LogP contribution < -0.4 is 20.9 Å². The first-order valence-electron chi connectivity index (χ1n) is 9.20. The van der Waals surface area contributed by atoms with Gasteiger partial charge in [0.05, 0.1) is 0 Å². The van der Waals surface area contributed by atoms with Gasteiger partial charge in [0.25, 0.3) is 0 Å². The van der Waals surface area contributed by atoms with Gasteiger partial charge in [-0.3, -0.25) is 0 Å². The highest BCUT2D eigenvalue weighted by Crippen LogP contribution is 2.21. The molecule has 1 aliphatic heterocycles. The molecule has 0 aromatic heterocycles. The van der Waals surface area contributed by atoms with Gasteiger partial charge < -0.3 is 25.6 Å². The molecule has 0 aliphatic carbocycles. The maximum atomic E-state index is 11.9. The zero-order valence-electron chi connectivity index (χ0n) is 15.9. The first-order valence-corrected chi connectivity index (χ1v) is 9.20. The van der Waals surface area contributed by atoms with Crippen molar-refractivity contribution in [1.82, 2.24) is 10.6 Å². The van der Waals surface area contributed by atoms with Gasteiger partial charge in [0.1, 0.15) is 5.60 Å². The standard InChI is InChI=1S/C19H30N4O3/c1-19(2,3)26-18(25)21-12-11-20-17(24)22-15-7-9-16(10-8-15)23-13-5-4-6-14-23/h7-10H,4-6,11-14H2,1-3H3,(H,21,25)(H2,20,22,24). The number of piperidine rings is 1. The maximum absolute atomic E-state index is 11.9. The van der Waals surface area contributed by atoms with E-state index in [0.717, 1.165) is 18.8 Å². The Morgan fingerprint density at radius 2 is 1.62 bits per heavy atom. The summed E-state index contributed by atoms with van der Waals surface area (Å²) < 4.78 is 5.12. The number of carbonyl (C=O) groups is 2. The Balaban J connectivity index is 1.67. The molecule has 0 radical (unpaired) electrons. The third-order valence-electron chi connectivity index (χ3n) is 3.93. The Kier molecular flexibility index (Phi) is 7.12. The van der Waals surface area contributed by atoms with Gasteiger partial charge in [-0.2, -0.15) is 0 Å². The van der Waals surface area contributed by atoms with Gasteiger partial charge in [-0.25, -0.2) is 9.59 Å². The molecule has 1 aromatic rings. The van der Waals surface area contributed by atoms with Crippen LogP contribution in [0, 0.1) is 0 Å². The molecule has 3 amide bonds. The van der Waals surface area contributed by atoms with E-state index in [-0.39, 0.29) is 6.03 Å². The summed E-state index contributed by atoms with van der Waals surface area (Å²) in [5, 5.41) is 8.08. The number of urea groups is 1. The third kappa shape index (κ3) is 7.21. The Morgan fingerprint density at radius 1 is 1.00 bits per heavy atom. The number of benzene rings is 1. The Morgan fingerprint density at radius 3 is 2.23 bits per heavy atom. The van der Waals surface area contributed by atoms with E-state index in [1.807, 2.05) is 24.3 Å². The number of anilines is 2. The molecule has 0 atom stereocenters. The molecule has 1 fully saturated rings. The van der Waals surface area contributed by atoms with E-state index in [1.54, 1.807) is 20.8 Å². The molecule has 0 bridgehead atoms. The van der Waals surface area contributed by atoms with Crippen LogP contribution in [0.3, 0.4) is 0 Å². The molecule has 1 aliphatic rings. The van der Waals surface area contributed by atoms with Crippen molar-refractivity contribution in [1.29, 1.82) is 0 Å². The summed E-state index contributed by atoms with van der Waals surface area (Å²) >= 11 is 0. The summed E-state index contributed by atoms with van der Waals surface area (Å²) in [7, 11) is 0. The molecule has 1 heterocycles. The van der Waals surface area contributed by atoms with Crippen LogP contribution >= 0.6 is 0 Å². The summed E-state index contributed by atoms with van der Waals surface area (Å²) in [6, 6.07) is 7.57. The molecule has 1 aromatic carbocycles. The van der Waals surface area contributed by atoms with Crippen LogP contribution in [0.25, 0.3) is 0 Å². The highest BCUT2D eigenvalue weighted by Gasteiger charge is 2.15. The second kappa shape index (κ2) is 9.31. The zero-order chi connectivity index (χ0) is 19.0. The van der Waals surface area contributed by atoms with Crippen LogP contribution in [-0.2, 0) is 4.74 Å². The molecule has 2 rings (SSSR count). The molecule has 1 saturated heterocycles. The quantitative estimate of drug-likeness (QED) is 0.702. The average Bonchev–Trinajstić information content (AvgIpc) is 2.59. The summed E-state index contributed by atoms with van der Waals surface area (Å²) in [6.07, 6.45) is 3.28. The fraction of sp³-hybridized carbons (Fsp3) is 0.579. The third-order valence-corrected chi connectivity index (χ3v) is 3.93. The largest absolute Gasteiger partial charge is 0.444 e. The van der Waals surface area contributed by atoms with Crippen LogP contribution in [-0.4, -0.2) is 43.9 Å². The number of hydrogen-bond donors (Lipinski definition) is 3. The molecular formula is C19H30N4O3. The van der Waals surface area contributed by atoms with Crippen molar-refractivity contribution in [2.45, 2.75) is 45.6 Å². The number of nitrogens with zero attached hydrogens (tertiary/aromatic N) is 1. The highest BCUT2D eigenvalue weighted by atomic mass is 16.6. The van der Waals surface area contributed by atoms with Gasteiger partial charge >= 0.3 is 12.1 Å². The lowest BCUT2D eigenvalue weighted by Gasteiger charge is -2.28. The number of hydrogen-bond acceptors (Lipinski definition) is 4. The van der Waals surface area contributed by atoms with Gasteiger partial charge in [-0.15, -0.1) is 0 Å². The van der Waals surface area contributed by atoms with Crippen LogP contribution in [0.15, 0.2) is 24.3 Å². The molecule has 0 saturated carbocycles. The number of ether oxygens (including phenoxy) is 1. The van der Waals surface area contributed by atoms with Gasteiger partial charge in [0.2, 0.25) is 0 Å². The van der Waals surface area contributed by atoms with Crippen molar-refractivity contribution in [2.75, 3.05) is 36.4 Å². The molecular weight excluding hydrogens is 332 g/mol. The fourth-order valence-corrected chi connectivity index (χ4v) is 2.74. The monoisotopic (exact) mass is 362 g/mol. The van der Waals surface area contributed by atoms with Crippen LogP contribution in [0.4, 0.5) is 21.0 Å². The van der Waals surface area contributed by atoms with E-state index in [9.17, 15) is 9.59 Å². The molecule has 7 heteroatoms. The lowest BCUT2D eigenvalue weighted by atomic mass is 10.1. The number of amides is 3. The first kappa shape index (κ1) is 19.9. The Labute approximate surface area is 155 Å². The molecule has 0 spiro atoms. The second-order valence-electron chi connectivity index (χ2n) is 7.40. The van der Waals surface area contributed by atoms with Crippen LogP contribution in [0.1, 0.15) is 40.0 Å².